The molecule has 1 aliphatic heterocycles. The van der Waals surface area contributed by atoms with Crippen molar-refractivity contribution >= 4 is 22.4 Å². The van der Waals surface area contributed by atoms with Crippen molar-refractivity contribution in [3.8, 4) is 5.75 Å². The Balaban J connectivity index is 0.00000264. The van der Waals surface area contributed by atoms with Gasteiger partial charge in [0.2, 0.25) is 10.0 Å². The molecule has 23 heavy (non-hydrogen) atoms. The van der Waals surface area contributed by atoms with Crippen LogP contribution in [0.25, 0.3) is 0 Å². The molecule has 0 spiro atoms. The summed E-state index contributed by atoms with van der Waals surface area (Å²) in [7, 11) is -3.89. The summed E-state index contributed by atoms with van der Waals surface area (Å²) in [5.74, 6) is -1.84. The smallest absolute Gasteiger partial charge is 0.387 e. The number of halogens is 4. The van der Waals surface area contributed by atoms with Crippen LogP contribution in [0.4, 0.5) is 13.2 Å². The molecular formula is C13H18ClF3N2O3S. The number of rotatable bonds is 5. The van der Waals surface area contributed by atoms with Gasteiger partial charge in [-0.2, -0.15) is 13.1 Å². The lowest BCUT2D eigenvalue weighted by Gasteiger charge is -2.22. The Bertz CT molecular complexity index is 660. The van der Waals surface area contributed by atoms with Gasteiger partial charge in [0.05, 0.1) is 4.90 Å². The summed E-state index contributed by atoms with van der Waals surface area (Å²) in [5.41, 5.74) is 5.32. The molecule has 0 bridgehead atoms. The predicted molar refractivity (Wildman–Crippen MR) is 80.8 cm³/mol. The van der Waals surface area contributed by atoms with Gasteiger partial charge in [-0.25, -0.2) is 12.8 Å². The second-order valence-electron chi connectivity index (χ2n) is 5.57. The molecule has 1 fully saturated rings. The molecule has 0 aliphatic carbocycles. The number of nitrogens with zero attached hydrogens (tertiary/aromatic N) is 1. The van der Waals surface area contributed by atoms with Crippen LogP contribution >= 0.6 is 12.4 Å². The number of hydrogen-bond donors (Lipinski definition) is 1. The predicted octanol–water partition coefficient (Wildman–Crippen LogP) is 2.21. The van der Waals surface area contributed by atoms with Gasteiger partial charge in [-0.15, -0.1) is 12.4 Å². The molecule has 1 heterocycles. The monoisotopic (exact) mass is 374 g/mol. The van der Waals surface area contributed by atoms with Crippen LogP contribution in [0.1, 0.15) is 13.3 Å². The van der Waals surface area contributed by atoms with Crippen LogP contribution in [0.5, 0.6) is 5.75 Å². The van der Waals surface area contributed by atoms with E-state index in [0.717, 1.165) is 12.1 Å². The van der Waals surface area contributed by atoms with Gasteiger partial charge in [0.1, 0.15) is 0 Å². The molecule has 1 unspecified atom stereocenters. The molecule has 1 aromatic carbocycles. The summed E-state index contributed by atoms with van der Waals surface area (Å²) < 4.78 is 67.9. The van der Waals surface area contributed by atoms with Gasteiger partial charge >= 0.3 is 6.61 Å². The highest BCUT2D eigenvalue weighted by molar-refractivity contribution is 7.89. The minimum Gasteiger partial charge on any atom is -0.432 e. The first-order chi connectivity index (χ1) is 10.2. The lowest BCUT2D eigenvalue weighted by molar-refractivity contribution is -0.0522. The van der Waals surface area contributed by atoms with E-state index in [1.807, 2.05) is 6.92 Å². The Morgan fingerprint density at radius 3 is 2.57 bits per heavy atom. The number of nitrogens with two attached hydrogens (primary N) is 1. The van der Waals surface area contributed by atoms with E-state index in [-0.39, 0.29) is 35.8 Å². The van der Waals surface area contributed by atoms with Gasteiger partial charge in [0, 0.05) is 13.1 Å². The topological polar surface area (TPSA) is 72.6 Å². The number of hydrogen-bond acceptors (Lipinski definition) is 4. The summed E-state index contributed by atoms with van der Waals surface area (Å²) in [6.07, 6.45) is 0.609. The average molecular weight is 375 g/mol. The molecule has 0 saturated carbocycles. The maximum absolute atomic E-state index is 13.7. The summed E-state index contributed by atoms with van der Waals surface area (Å²) in [6.45, 7) is -0.437. The normalized spacial score (nSPS) is 22.2. The maximum Gasteiger partial charge on any atom is 0.387 e. The molecule has 1 aromatic rings. The third-order valence-corrected chi connectivity index (χ3v) is 5.61. The van der Waals surface area contributed by atoms with Crippen molar-refractivity contribution in [1.82, 2.24) is 4.31 Å². The van der Waals surface area contributed by atoms with Crippen molar-refractivity contribution in [3.63, 3.8) is 0 Å². The Labute approximate surface area is 139 Å². The number of ether oxygens (including phenoxy) is 1. The highest BCUT2D eigenvalue weighted by Gasteiger charge is 2.39. The third kappa shape index (κ3) is 4.28. The van der Waals surface area contributed by atoms with Crippen molar-refractivity contribution in [1.29, 1.82) is 0 Å². The maximum atomic E-state index is 13.7. The van der Waals surface area contributed by atoms with Crippen LogP contribution < -0.4 is 10.5 Å². The fraction of sp³-hybridized carbons (Fsp3) is 0.538. The molecule has 0 amide bonds. The van der Waals surface area contributed by atoms with Gasteiger partial charge in [-0.1, -0.05) is 6.92 Å². The highest BCUT2D eigenvalue weighted by Crippen LogP contribution is 2.33. The zero-order chi connectivity index (χ0) is 16.5. The van der Waals surface area contributed by atoms with E-state index < -0.39 is 28.2 Å². The molecule has 5 nitrogen and oxygen atoms in total. The van der Waals surface area contributed by atoms with Crippen LogP contribution in [0, 0.1) is 11.2 Å². The quantitative estimate of drug-likeness (QED) is 0.857. The van der Waals surface area contributed by atoms with Gasteiger partial charge < -0.3 is 10.5 Å². The minimum atomic E-state index is -3.89. The molecule has 0 radical (unpaired) electrons. The van der Waals surface area contributed by atoms with E-state index in [1.165, 1.54) is 4.31 Å². The van der Waals surface area contributed by atoms with Crippen molar-refractivity contribution in [2.45, 2.75) is 24.9 Å². The van der Waals surface area contributed by atoms with Crippen molar-refractivity contribution in [3.05, 3.63) is 24.0 Å². The van der Waals surface area contributed by atoms with Crippen molar-refractivity contribution in [2.75, 3.05) is 19.6 Å². The largest absolute Gasteiger partial charge is 0.432 e. The minimum absolute atomic E-state index is 0. The molecular weight excluding hydrogens is 357 g/mol. The number of sulfonamides is 1. The van der Waals surface area contributed by atoms with E-state index in [0.29, 0.717) is 19.0 Å². The molecule has 1 atom stereocenters. The zero-order valence-corrected chi connectivity index (χ0v) is 14.0. The van der Waals surface area contributed by atoms with E-state index in [9.17, 15) is 21.6 Å². The highest BCUT2D eigenvalue weighted by atomic mass is 35.5. The molecule has 2 N–H and O–H groups in total. The van der Waals surface area contributed by atoms with Crippen LogP contribution in [0.2, 0.25) is 0 Å². The van der Waals surface area contributed by atoms with Gasteiger partial charge in [-0.3, -0.25) is 0 Å². The van der Waals surface area contributed by atoms with Crippen molar-refractivity contribution < 1.29 is 26.3 Å². The Kier molecular flexibility index (Phi) is 6.31. The lowest BCUT2D eigenvalue weighted by atomic mass is 9.90. The standard InChI is InChI=1S/C13H17F3N2O3S.ClH/c1-13(7-17)4-5-18(8-13)22(19,20)9-2-3-11(10(14)6-9)21-12(15)16;/h2-3,6,12H,4-5,7-8,17H2,1H3;1H. The van der Waals surface area contributed by atoms with Crippen LogP contribution in [-0.2, 0) is 10.0 Å². The van der Waals surface area contributed by atoms with E-state index in [1.54, 1.807) is 0 Å². The SMILES string of the molecule is CC1(CN)CCN(S(=O)(=O)c2ccc(OC(F)F)c(F)c2)C1.Cl. The first-order valence-corrected chi connectivity index (χ1v) is 8.06. The fourth-order valence-electron chi connectivity index (χ4n) is 2.33. The second-order valence-corrected chi connectivity index (χ2v) is 7.51. The van der Waals surface area contributed by atoms with Gasteiger partial charge in [0.15, 0.2) is 11.6 Å². The molecule has 132 valence electrons. The molecule has 1 aliphatic rings. The Morgan fingerprint density at radius 2 is 2.09 bits per heavy atom. The third-order valence-electron chi connectivity index (χ3n) is 3.77. The molecule has 2 rings (SSSR count). The molecule has 0 aromatic heterocycles. The second kappa shape index (κ2) is 7.25. The number of alkyl halides is 2. The zero-order valence-electron chi connectivity index (χ0n) is 12.3. The molecule has 10 heteroatoms. The van der Waals surface area contributed by atoms with Gasteiger partial charge in [-0.05, 0) is 36.6 Å². The number of benzene rings is 1. The average Bonchev–Trinajstić information content (AvgIpc) is 2.84. The summed E-state index contributed by atoms with van der Waals surface area (Å²) in [6, 6.07) is 2.62. The first-order valence-electron chi connectivity index (χ1n) is 6.62. The van der Waals surface area contributed by atoms with Crippen LogP contribution in [-0.4, -0.2) is 39.0 Å². The Morgan fingerprint density at radius 1 is 1.43 bits per heavy atom. The lowest BCUT2D eigenvalue weighted by Crippen LogP contribution is -2.34. The summed E-state index contributed by atoms with van der Waals surface area (Å²) in [4.78, 5) is -0.298. The van der Waals surface area contributed by atoms with Crippen LogP contribution in [0.15, 0.2) is 23.1 Å². The van der Waals surface area contributed by atoms with Gasteiger partial charge in [0.25, 0.3) is 0 Å². The van der Waals surface area contributed by atoms with Crippen molar-refractivity contribution in [2.24, 2.45) is 11.1 Å². The first kappa shape index (κ1) is 20.0. The van der Waals surface area contributed by atoms with E-state index >= 15 is 0 Å². The fourth-order valence-corrected chi connectivity index (χ4v) is 3.94. The summed E-state index contributed by atoms with van der Waals surface area (Å²) >= 11 is 0. The van der Waals surface area contributed by atoms with E-state index in [4.69, 9.17) is 5.73 Å². The summed E-state index contributed by atoms with van der Waals surface area (Å²) in [5, 5.41) is 0. The Hall–Kier alpha value is -1.03. The van der Waals surface area contributed by atoms with Crippen LogP contribution in [0.3, 0.4) is 0 Å². The van der Waals surface area contributed by atoms with E-state index in [2.05, 4.69) is 4.74 Å². The molecule has 1 saturated heterocycles.